The fourth-order valence-corrected chi connectivity index (χ4v) is 3.35. The van der Waals surface area contributed by atoms with Gasteiger partial charge in [-0.25, -0.2) is 13.1 Å². The summed E-state index contributed by atoms with van der Waals surface area (Å²) in [6.07, 6.45) is 4.84. The SMILES string of the molecule is CCCNCCCCS(=O)(=O)NCC1CCCOC1. The van der Waals surface area contributed by atoms with E-state index in [-0.39, 0.29) is 5.75 Å². The van der Waals surface area contributed by atoms with Crippen molar-refractivity contribution in [3.63, 3.8) is 0 Å². The van der Waals surface area contributed by atoms with Crippen LogP contribution >= 0.6 is 0 Å². The van der Waals surface area contributed by atoms with E-state index in [0.717, 1.165) is 45.4 Å². The van der Waals surface area contributed by atoms with Crippen LogP contribution in [0, 0.1) is 5.92 Å². The van der Waals surface area contributed by atoms with Crippen molar-refractivity contribution in [2.24, 2.45) is 5.92 Å². The molecule has 0 spiro atoms. The first kappa shape index (κ1) is 16.9. The molecule has 1 atom stereocenters. The third-order valence-electron chi connectivity index (χ3n) is 3.29. The van der Waals surface area contributed by atoms with Gasteiger partial charge < -0.3 is 10.1 Å². The molecule has 1 heterocycles. The number of rotatable bonds is 10. The van der Waals surface area contributed by atoms with Gasteiger partial charge in [-0.3, -0.25) is 0 Å². The quantitative estimate of drug-likeness (QED) is 0.592. The van der Waals surface area contributed by atoms with E-state index in [4.69, 9.17) is 4.74 Å². The van der Waals surface area contributed by atoms with Crippen LogP contribution in [0.4, 0.5) is 0 Å². The van der Waals surface area contributed by atoms with Crippen LogP contribution in [0.15, 0.2) is 0 Å². The lowest BCUT2D eigenvalue weighted by atomic mass is 10.0. The molecule has 19 heavy (non-hydrogen) atoms. The second-order valence-electron chi connectivity index (χ2n) is 5.21. The Morgan fingerprint density at radius 3 is 2.79 bits per heavy atom. The minimum atomic E-state index is -3.11. The Morgan fingerprint density at radius 2 is 2.11 bits per heavy atom. The number of ether oxygens (including phenoxy) is 1. The fraction of sp³-hybridized carbons (Fsp3) is 1.00. The highest BCUT2D eigenvalue weighted by atomic mass is 32.2. The standard InChI is InChI=1S/C13H28N2O3S/c1-2-7-14-8-3-4-10-19(16,17)15-11-13-6-5-9-18-12-13/h13-15H,2-12H2,1H3. The van der Waals surface area contributed by atoms with Gasteiger partial charge in [-0.05, 0) is 51.1 Å². The molecule has 0 aromatic heterocycles. The summed E-state index contributed by atoms with van der Waals surface area (Å²) in [7, 11) is -3.11. The topological polar surface area (TPSA) is 67.4 Å². The number of hydrogen-bond donors (Lipinski definition) is 2. The van der Waals surface area contributed by atoms with Gasteiger partial charge in [0.1, 0.15) is 0 Å². The van der Waals surface area contributed by atoms with Gasteiger partial charge in [0, 0.05) is 13.2 Å². The lowest BCUT2D eigenvalue weighted by Gasteiger charge is -2.22. The molecule has 1 aliphatic heterocycles. The Morgan fingerprint density at radius 1 is 1.26 bits per heavy atom. The van der Waals surface area contributed by atoms with Crippen molar-refractivity contribution in [2.75, 3.05) is 38.6 Å². The maximum absolute atomic E-state index is 11.8. The second-order valence-corrected chi connectivity index (χ2v) is 7.13. The van der Waals surface area contributed by atoms with Gasteiger partial charge in [0.15, 0.2) is 0 Å². The highest BCUT2D eigenvalue weighted by Crippen LogP contribution is 2.12. The summed E-state index contributed by atoms with van der Waals surface area (Å²) >= 11 is 0. The highest BCUT2D eigenvalue weighted by Gasteiger charge is 2.17. The Balaban J connectivity index is 2.06. The molecule has 0 aromatic rings. The second kappa shape index (κ2) is 9.69. The predicted molar refractivity (Wildman–Crippen MR) is 77.7 cm³/mol. The number of unbranched alkanes of at least 4 members (excludes halogenated alkanes) is 1. The Hall–Kier alpha value is -0.170. The van der Waals surface area contributed by atoms with Crippen molar-refractivity contribution in [3.05, 3.63) is 0 Å². The van der Waals surface area contributed by atoms with Crippen molar-refractivity contribution in [1.29, 1.82) is 0 Å². The first-order valence-corrected chi connectivity index (χ1v) is 9.05. The van der Waals surface area contributed by atoms with Crippen LogP contribution < -0.4 is 10.0 Å². The Kier molecular flexibility index (Phi) is 8.61. The molecule has 2 N–H and O–H groups in total. The van der Waals surface area contributed by atoms with Crippen LogP contribution in [0.1, 0.15) is 39.0 Å². The molecule has 0 saturated carbocycles. The van der Waals surface area contributed by atoms with Crippen molar-refractivity contribution in [1.82, 2.24) is 10.0 Å². The van der Waals surface area contributed by atoms with Gasteiger partial charge in [0.25, 0.3) is 0 Å². The molecule has 1 aliphatic rings. The minimum Gasteiger partial charge on any atom is -0.381 e. The van der Waals surface area contributed by atoms with Gasteiger partial charge in [-0.1, -0.05) is 6.92 Å². The van der Waals surface area contributed by atoms with Crippen molar-refractivity contribution >= 4 is 10.0 Å². The zero-order chi connectivity index (χ0) is 14.0. The van der Waals surface area contributed by atoms with Crippen LogP contribution in [0.2, 0.25) is 0 Å². The number of sulfonamides is 1. The lowest BCUT2D eigenvalue weighted by molar-refractivity contribution is 0.0568. The zero-order valence-corrected chi connectivity index (χ0v) is 12.8. The Labute approximate surface area is 117 Å². The van der Waals surface area contributed by atoms with E-state index in [1.807, 2.05) is 0 Å². The van der Waals surface area contributed by atoms with Gasteiger partial charge in [-0.15, -0.1) is 0 Å². The van der Waals surface area contributed by atoms with Crippen LogP contribution in [0.3, 0.4) is 0 Å². The molecule has 114 valence electrons. The molecule has 1 unspecified atom stereocenters. The maximum Gasteiger partial charge on any atom is 0.211 e. The summed E-state index contributed by atoms with van der Waals surface area (Å²) in [6, 6.07) is 0. The van der Waals surface area contributed by atoms with E-state index in [2.05, 4.69) is 17.0 Å². The van der Waals surface area contributed by atoms with Crippen LogP contribution in [0.5, 0.6) is 0 Å². The average molecular weight is 292 g/mol. The van der Waals surface area contributed by atoms with Gasteiger partial charge in [0.05, 0.1) is 12.4 Å². The van der Waals surface area contributed by atoms with Gasteiger partial charge in [0.2, 0.25) is 10.0 Å². The largest absolute Gasteiger partial charge is 0.381 e. The minimum absolute atomic E-state index is 0.231. The van der Waals surface area contributed by atoms with E-state index in [0.29, 0.717) is 25.5 Å². The summed E-state index contributed by atoms with van der Waals surface area (Å²) in [5, 5.41) is 3.27. The summed E-state index contributed by atoms with van der Waals surface area (Å²) in [4.78, 5) is 0. The average Bonchev–Trinajstić information content (AvgIpc) is 2.42. The first-order valence-electron chi connectivity index (χ1n) is 7.40. The molecule has 0 amide bonds. The van der Waals surface area contributed by atoms with Crippen molar-refractivity contribution in [3.8, 4) is 0 Å². The predicted octanol–water partition coefficient (Wildman–Crippen LogP) is 1.11. The summed E-state index contributed by atoms with van der Waals surface area (Å²) in [6.45, 7) is 6.05. The molecule has 1 saturated heterocycles. The molecule has 0 radical (unpaired) electrons. The van der Waals surface area contributed by atoms with Crippen LogP contribution in [0.25, 0.3) is 0 Å². The van der Waals surface area contributed by atoms with Crippen molar-refractivity contribution in [2.45, 2.75) is 39.0 Å². The summed E-state index contributed by atoms with van der Waals surface area (Å²) in [5.41, 5.74) is 0. The normalized spacial score (nSPS) is 20.6. The van der Waals surface area contributed by atoms with Gasteiger partial charge in [-0.2, -0.15) is 0 Å². The third kappa shape index (κ3) is 8.57. The zero-order valence-electron chi connectivity index (χ0n) is 12.0. The summed E-state index contributed by atoms with van der Waals surface area (Å²) < 4.78 is 31.6. The summed E-state index contributed by atoms with van der Waals surface area (Å²) in [5.74, 6) is 0.573. The Bertz CT molecular complexity index is 314. The molecule has 1 fully saturated rings. The van der Waals surface area contributed by atoms with E-state index in [1.54, 1.807) is 0 Å². The smallest absolute Gasteiger partial charge is 0.211 e. The monoisotopic (exact) mass is 292 g/mol. The third-order valence-corrected chi connectivity index (χ3v) is 4.72. The van der Waals surface area contributed by atoms with E-state index >= 15 is 0 Å². The molecule has 5 nitrogen and oxygen atoms in total. The van der Waals surface area contributed by atoms with E-state index in [9.17, 15) is 8.42 Å². The molecular formula is C13H28N2O3S. The molecule has 6 heteroatoms. The first-order chi connectivity index (χ1) is 9.14. The molecule has 0 bridgehead atoms. The fourth-order valence-electron chi connectivity index (χ4n) is 2.13. The van der Waals surface area contributed by atoms with Gasteiger partial charge >= 0.3 is 0 Å². The highest BCUT2D eigenvalue weighted by molar-refractivity contribution is 7.89. The number of nitrogens with one attached hydrogen (secondary N) is 2. The van der Waals surface area contributed by atoms with Crippen LogP contribution in [-0.4, -0.2) is 47.0 Å². The number of hydrogen-bond acceptors (Lipinski definition) is 4. The molecule has 1 rings (SSSR count). The van der Waals surface area contributed by atoms with Crippen molar-refractivity contribution < 1.29 is 13.2 Å². The van der Waals surface area contributed by atoms with Crippen LogP contribution in [-0.2, 0) is 14.8 Å². The molecular weight excluding hydrogens is 264 g/mol. The molecule has 0 aliphatic carbocycles. The maximum atomic E-state index is 11.8. The van der Waals surface area contributed by atoms with E-state index in [1.165, 1.54) is 0 Å². The lowest BCUT2D eigenvalue weighted by Crippen LogP contribution is -2.34. The molecule has 0 aromatic carbocycles. The van der Waals surface area contributed by atoms with E-state index < -0.39 is 10.0 Å².